The Bertz CT molecular complexity index is 1340. The van der Waals surface area contributed by atoms with Crippen LogP contribution in [0.2, 0.25) is 0 Å². The summed E-state index contributed by atoms with van der Waals surface area (Å²) in [4.78, 5) is 13.1. The number of allylic oxidation sites excluding steroid dienone is 7. The van der Waals surface area contributed by atoms with E-state index in [-0.39, 0.29) is 12.5 Å². The summed E-state index contributed by atoms with van der Waals surface area (Å²) in [5.41, 5.74) is 0. The third kappa shape index (κ3) is 44.9. The minimum atomic E-state index is -1.57. The number of unbranched alkanes of at least 4 members (excludes halogenated alkanes) is 41. The first-order valence-electron chi connectivity index (χ1n) is 32.9. The number of ether oxygens (including phenoxy) is 2. The fourth-order valence-corrected chi connectivity index (χ4v) is 10.4. The van der Waals surface area contributed by atoms with Crippen LogP contribution in [0.4, 0.5) is 0 Å². The predicted octanol–water partition coefficient (Wildman–Crippen LogP) is 17.2. The zero-order valence-electron chi connectivity index (χ0n) is 49.8. The second-order valence-corrected chi connectivity index (χ2v) is 22.9. The molecule has 1 fully saturated rings. The lowest BCUT2D eigenvalue weighted by molar-refractivity contribution is -0.302. The number of aliphatic hydroxyl groups is 5. The molecule has 0 bridgehead atoms. The number of carbonyl (C=O) groups is 1. The monoisotopic (exact) mass is 1070 g/mol. The molecule has 0 spiro atoms. The average molecular weight is 1070 g/mol. The Hall–Kier alpha value is -1.85. The number of nitrogens with one attached hydrogen (secondary N) is 1. The molecule has 0 aliphatic carbocycles. The van der Waals surface area contributed by atoms with E-state index in [9.17, 15) is 30.3 Å². The largest absolute Gasteiger partial charge is 0.394 e. The van der Waals surface area contributed by atoms with Gasteiger partial charge in [0.15, 0.2) is 6.29 Å². The fraction of sp³-hybridized carbons (Fsp3) is 0.866. The van der Waals surface area contributed by atoms with E-state index in [4.69, 9.17) is 9.47 Å². The number of carbonyl (C=O) groups excluding carboxylic acids is 1. The molecule has 6 N–H and O–H groups in total. The maximum absolute atomic E-state index is 13.1. The summed E-state index contributed by atoms with van der Waals surface area (Å²) in [6.07, 6.45) is 69.3. The first-order valence-corrected chi connectivity index (χ1v) is 32.9. The zero-order chi connectivity index (χ0) is 55.0. The molecule has 0 radical (unpaired) electrons. The molecule has 0 saturated carbocycles. The minimum Gasteiger partial charge on any atom is -0.394 e. The molecule has 9 nitrogen and oxygen atoms in total. The molecule has 9 heteroatoms. The normalized spacial score (nSPS) is 19.1. The Kier molecular flexibility index (Phi) is 53.6. The van der Waals surface area contributed by atoms with Crippen LogP contribution in [-0.4, -0.2) is 87.5 Å². The molecule has 1 rings (SSSR count). The van der Waals surface area contributed by atoms with Crippen LogP contribution in [0, 0.1) is 0 Å². The molecule has 1 heterocycles. The molecule has 1 amide bonds. The SMILES string of the molecule is CCCCCCCCCCCCC/C=C\C/C=C\CCCCCCCCCCCCCCCCCCCC(=O)NC(COC1OC(CO)C(O)C(O)C1O)C(O)/C=C/CC/C=C/CCCCCCCCCCCCCC. The maximum Gasteiger partial charge on any atom is 0.220 e. The van der Waals surface area contributed by atoms with Crippen LogP contribution in [0.1, 0.15) is 316 Å². The average Bonchev–Trinajstić information content (AvgIpc) is 3.42. The Morgan fingerprint density at radius 3 is 1.18 bits per heavy atom. The molecular formula is C67H125NO8. The van der Waals surface area contributed by atoms with Gasteiger partial charge in [0.2, 0.25) is 5.91 Å². The standard InChI is InChI=1S/C67H125NO8/c1-3-5-7-9-11-13-15-17-19-21-23-24-25-26-27-28-29-30-31-32-33-34-35-36-37-38-39-41-43-45-47-49-51-53-55-57-63(71)68-60(59-75-67-66(74)65(73)64(72)62(58-69)76-67)61(70)56-54-52-50-48-46-44-42-40-22-20-18-16-14-12-10-8-6-4-2/h25-26,28-29,46,48,54,56,60-62,64-67,69-70,72-74H,3-24,27,30-45,47,49-53,55,57-59H2,1-2H3,(H,68,71)/b26-25-,29-28-,48-46+,56-54+. The first kappa shape index (κ1) is 72.2. The Morgan fingerprint density at radius 2 is 0.789 bits per heavy atom. The highest BCUT2D eigenvalue weighted by Gasteiger charge is 2.44. The Balaban J connectivity index is 2.12. The smallest absolute Gasteiger partial charge is 0.220 e. The van der Waals surface area contributed by atoms with Crippen molar-refractivity contribution in [2.45, 2.75) is 358 Å². The van der Waals surface area contributed by atoms with Gasteiger partial charge in [-0.05, 0) is 64.2 Å². The number of hydrogen-bond donors (Lipinski definition) is 6. The summed E-state index contributed by atoms with van der Waals surface area (Å²) < 4.78 is 11.3. The molecule has 0 aromatic carbocycles. The van der Waals surface area contributed by atoms with Crippen LogP contribution < -0.4 is 5.32 Å². The highest BCUT2D eigenvalue weighted by molar-refractivity contribution is 5.76. The topological polar surface area (TPSA) is 149 Å². The van der Waals surface area contributed by atoms with E-state index in [1.807, 2.05) is 6.08 Å². The van der Waals surface area contributed by atoms with Crippen molar-refractivity contribution in [3.63, 3.8) is 0 Å². The fourth-order valence-electron chi connectivity index (χ4n) is 10.4. The van der Waals surface area contributed by atoms with Crippen LogP contribution in [0.25, 0.3) is 0 Å². The second kappa shape index (κ2) is 56.4. The van der Waals surface area contributed by atoms with Crippen LogP contribution >= 0.6 is 0 Å². The molecule has 7 atom stereocenters. The summed E-state index contributed by atoms with van der Waals surface area (Å²) in [6.45, 7) is 3.80. The second-order valence-electron chi connectivity index (χ2n) is 22.9. The van der Waals surface area contributed by atoms with Gasteiger partial charge >= 0.3 is 0 Å². The molecule has 0 aromatic heterocycles. The highest BCUT2D eigenvalue weighted by Crippen LogP contribution is 2.23. The molecule has 1 saturated heterocycles. The van der Waals surface area contributed by atoms with Gasteiger partial charge in [-0.1, -0.05) is 294 Å². The van der Waals surface area contributed by atoms with Gasteiger partial charge in [0.25, 0.3) is 0 Å². The lowest BCUT2D eigenvalue weighted by Crippen LogP contribution is -2.60. The van der Waals surface area contributed by atoms with Gasteiger partial charge in [-0.2, -0.15) is 0 Å². The van der Waals surface area contributed by atoms with E-state index in [0.717, 1.165) is 44.9 Å². The molecular weight excluding hydrogens is 947 g/mol. The Labute approximate surface area is 469 Å². The molecule has 1 aliphatic heterocycles. The van der Waals surface area contributed by atoms with Crippen molar-refractivity contribution < 1.29 is 39.8 Å². The number of aliphatic hydroxyl groups excluding tert-OH is 5. The van der Waals surface area contributed by atoms with Gasteiger partial charge in [-0.3, -0.25) is 4.79 Å². The summed E-state index contributed by atoms with van der Waals surface area (Å²) in [5.74, 6) is -0.183. The van der Waals surface area contributed by atoms with Crippen molar-refractivity contribution in [3.8, 4) is 0 Å². The van der Waals surface area contributed by atoms with E-state index in [0.29, 0.717) is 6.42 Å². The van der Waals surface area contributed by atoms with Gasteiger partial charge in [-0.25, -0.2) is 0 Å². The Morgan fingerprint density at radius 1 is 0.447 bits per heavy atom. The van der Waals surface area contributed by atoms with Gasteiger partial charge in [0.05, 0.1) is 25.4 Å². The number of amides is 1. The van der Waals surface area contributed by atoms with Crippen LogP contribution in [-0.2, 0) is 14.3 Å². The van der Waals surface area contributed by atoms with E-state index in [2.05, 4.69) is 55.6 Å². The summed E-state index contributed by atoms with van der Waals surface area (Å²) in [5, 5.41) is 54.6. The van der Waals surface area contributed by atoms with E-state index >= 15 is 0 Å². The van der Waals surface area contributed by atoms with Crippen LogP contribution in [0.5, 0.6) is 0 Å². The van der Waals surface area contributed by atoms with E-state index in [1.165, 1.54) is 250 Å². The van der Waals surface area contributed by atoms with Crippen molar-refractivity contribution in [1.82, 2.24) is 5.32 Å². The summed E-state index contributed by atoms with van der Waals surface area (Å²) in [6, 6.07) is -0.822. The highest BCUT2D eigenvalue weighted by atomic mass is 16.7. The van der Waals surface area contributed by atoms with E-state index < -0.39 is 49.5 Å². The third-order valence-electron chi connectivity index (χ3n) is 15.6. The van der Waals surface area contributed by atoms with Crippen molar-refractivity contribution in [2.24, 2.45) is 0 Å². The van der Waals surface area contributed by atoms with Crippen LogP contribution in [0.15, 0.2) is 48.6 Å². The lowest BCUT2D eigenvalue weighted by Gasteiger charge is -2.40. The number of rotatable bonds is 57. The molecule has 1 aliphatic rings. The minimum absolute atomic E-state index is 0.183. The van der Waals surface area contributed by atoms with Crippen LogP contribution in [0.3, 0.4) is 0 Å². The summed E-state index contributed by atoms with van der Waals surface area (Å²) >= 11 is 0. The maximum atomic E-state index is 13.1. The lowest BCUT2D eigenvalue weighted by atomic mass is 9.99. The molecule has 7 unspecified atom stereocenters. The summed E-state index contributed by atoms with van der Waals surface area (Å²) in [7, 11) is 0. The molecule has 0 aromatic rings. The van der Waals surface area contributed by atoms with Gasteiger partial charge in [0, 0.05) is 6.42 Å². The van der Waals surface area contributed by atoms with E-state index in [1.54, 1.807) is 6.08 Å². The van der Waals surface area contributed by atoms with Crippen molar-refractivity contribution in [1.29, 1.82) is 0 Å². The van der Waals surface area contributed by atoms with Gasteiger partial charge in [-0.15, -0.1) is 0 Å². The van der Waals surface area contributed by atoms with Crippen molar-refractivity contribution in [3.05, 3.63) is 48.6 Å². The van der Waals surface area contributed by atoms with Gasteiger partial charge < -0.3 is 40.3 Å². The van der Waals surface area contributed by atoms with Crippen molar-refractivity contribution >= 4 is 5.91 Å². The molecule has 446 valence electrons. The quantitative estimate of drug-likeness (QED) is 0.0261. The molecule has 76 heavy (non-hydrogen) atoms. The first-order chi connectivity index (χ1) is 37.3. The zero-order valence-corrected chi connectivity index (χ0v) is 49.8. The predicted molar refractivity (Wildman–Crippen MR) is 323 cm³/mol. The third-order valence-corrected chi connectivity index (χ3v) is 15.6. The van der Waals surface area contributed by atoms with Crippen molar-refractivity contribution in [2.75, 3.05) is 13.2 Å². The van der Waals surface area contributed by atoms with Gasteiger partial charge in [0.1, 0.15) is 24.4 Å². The number of hydrogen-bond acceptors (Lipinski definition) is 8.